The van der Waals surface area contributed by atoms with Crippen LogP contribution in [0.4, 0.5) is 0 Å². The largest absolute Gasteiger partial charge is 0.329 e. The minimum atomic E-state index is 0.725. The van der Waals surface area contributed by atoms with Crippen LogP contribution in [0.25, 0.3) is 10.9 Å². The first-order valence-corrected chi connectivity index (χ1v) is 7.15. The summed E-state index contributed by atoms with van der Waals surface area (Å²) in [5.74, 6) is 0. The van der Waals surface area contributed by atoms with Crippen molar-refractivity contribution in [2.24, 2.45) is 5.73 Å². The second-order valence-corrected chi connectivity index (χ2v) is 5.34. The Morgan fingerprint density at radius 2 is 2.05 bits per heavy atom. The highest BCUT2D eigenvalue weighted by molar-refractivity contribution is 5.81. The van der Waals surface area contributed by atoms with E-state index in [2.05, 4.69) is 34.1 Å². The fourth-order valence-electron chi connectivity index (χ4n) is 2.82. The van der Waals surface area contributed by atoms with E-state index in [0.717, 1.165) is 31.2 Å². The van der Waals surface area contributed by atoms with Gasteiger partial charge in [0.2, 0.25) is 0 Å². The van der Waals surface area contributed by atoms with Crippen LogP contribution in [-0.2, 0) is 6.54 Å². The monoisotopic (exact) mass is 255 g/mol. The number of fused-ring (bicyclic) bond motifs is 1. The molecule has 0 atom stereocenters. The molecule has 100 valence electrons. The number of hydrogen-bond acceptors (Lipinski definition) is 3. The normalized spacial score (nSPS) is 15.9. The summed E-state index contributed by atoms with van der Waals surface area (Å²) in [7, 11) is 0. The maximum atomic E-state index is 5.76. The molecule has 19 heavy (non-hydrogen) atoms. The van der Waals surface area contributed by atoms with Gasteiger partial charge in [-0.25, -0.2) is 0 Å². The van der Waals surface area contributed by atoms with Gasteiger partial charge >= 0.3 is 0 Å². The summed E-state index contributed by atoms with van der Waals surface area (Å²) in [5, 5.41) is 1.22. The summed E-state index contributed by atoms with van der Waals surface area (Å²) < 4.78 is 0. The van der Waals surface area contributed by atoms with E-state index >= 15 is 0 Å². The Balaban J connectivity index is 1.86. The van der Waals surface area contributed by atoms with E-state index < -0.39 is 0 Å². The fourth-order valence-corrected chi connectivity index (χ4v) is 2.82. The quantitative estimate of drug-likeness (QED) is 0.892. The second kappa shape index (κ2) is 5.68. The van der Waals surface area contributed by atoms with Crippen LogP contribution in [-0.4, -0.2) is 29.0 Å². The van der Waals surface area contributed by atoms with Gasteiger partial charge in [0.1, 0.15) is 0 Å². The lowest BCUT2D eigenvalue weighted by atomic mass is 9.91. The molecule has 0 aliphatic heterocycles. The second-order valence-electron chi connectivity index (χ2n) is 5.34. The molecule has 1 saturated carbocycles. The summed E-state index contributed by atoms with van der Waals surface area (Å²) >= 11 is 0. The molecule has 3 nitrogen and oxygen atoms in total. The SMILES string of the molecule is NCCN(Cc1cccc2cccnc12)C1CCC1. The molecule has 0 spiro atoms. The van der Waals surface area contributed by atoms with Crippen molar-refractivity contribution >= 4 is 10.9 Å². The first-order chi connectivity index (χ1) is 9.38. The summed E-state index contributed by atoms with van der Waals surface area (Å²) in [6.45, 7) is 2.68. The zero-order valence-electron chi connectivity index (χ0n) is 11.3. The topological polar surface area (TPSA) is 42.1 Å². The number of hydrogen-bond donors (Lipinski definition) is 1. The average Bonchev–Trinajstić information content (AvgIpc) is 2.37. The number of aromatic nitrogens is 1. The molecule has 0 saturated heterocycles. The van der Waals surface area contributed by atoms with Gasteiger partial charge in [-0.15, -0.1) is 0 Å². The average molecular weight is 255 g/mol. The third-order valence-electron chi connectivity index (χ3n) is 4.10. The molecule has 1 fully saturated rings. The van der Waals surface area contributed by atoms with Gasteiger partial charge in [0.15, 0.2) is 0 Å². The van der Waals surface area contributed by atoms with Gasteiger partial charge < -0.3 is 5.73 Å². The molecule has 0 radical (unpaired) electrons. The van der Waals surface area contributed by atoms with Crippen molar-refractivity contribution in [1.29, 1.82) is 0 Å². The number of nitrogens with zero attached hydrogens (tertiary/aromatic N) is 2. The first-order valence-electron chi connectivity index (χ1n) is 7.15. The Labute approximate surface area is 114 Å². The summed E-state index contributed by atoms with van der Waals surface area (Å²) in [5.41, 5.74) is 8.20. The minimum absolute atomic E-state index is 0.725. The molecule has 0 amide bonds. The molecule has 2 aromatic rings. The van der Waals surface area contributed by atoms with E-state index in [1.807, 2.05) is 12.3 Å². The molecule has 1 aromatic carbocycles. The van der Waals surface area contributed by atoms with E-state index in [-0.39, 0.29) is 0 Å². The van der Waals surface area contributed by atoms with Crippen LogP contribution < -0.4 is 5.73 Å². The Morgan fingerprint density at radius 3 is 2.79 bits per heavy atom. The van der Waals surface area contributed by atoms with Crippen LogP contribution in [0.15, 0.2) is 36.5 Å². The third-order valence-corrected chi connectivity index (χ3v) is 4.10. The Hall–Kier alpha value is -1.45. The van der Waals surface area contributed by atoms with Gasteiger partial charge in [0.05, 0.1) is 5.52 Å². The molecule has 1 aliphatic carbocycles. The van der Waals surface area contributed by atoms with Gasteiger partial charge in [-0.1, -0.05) is 30.7 Å². The molecule has 0 unspecified atom stereocenters. The van der Waals surface area contributed by atoms with Crippen LogP contribution in [0, 0.1) is 0 Å². The maximum absolute atomic E-state index is 5.76. The minimum Gasteiger partial charge on any atom is -0.329 e. The van der Waals surface area contributed by atoms with Gasteiger partial charge in [-0.3, -0.25) is 9.88 Å². The van der Waals surface area contributed by atoms with E-state index in [0.29, 0.717) is 0 Å². The summed E-state index contributed by atoms with van der Waals surface area (Å²) in [6, 6.07) is 11.3. The molecule has 1 heterocycles. The Morgan fingerprint density at radius 1 is 1.21 bits per heavy atom. The maximum Gasteiger partial charge on any atom is 0.0746 e. The van der Waals surface area contributed by atoms with Gasteiger partial charge in [0.25, 0.3) is 0 Å². The highest BCUT2D eigenvalue weighted by atomic mass is 15.2. The van der Waals surface area contributed by atoms with Gasteiger partial charge in [-0.2, -0.15) is 0 Å². The molecule has 2 N–H and O–H groups in total. The summed E-state index contributed by atoms with van der Waals surface area (Å²) in [6.07, 6.45) is 5.87. The van der Waals surface area contributed by atoms with Crippen molar-refractivity contribution in [3.63, 3.8) is 0 Å². The molecule has 1 aromatic heterocycles. The molecular weight excluding hydrogens is 234 g/mol. The number of rotatable bonds is 5. The van der Waals surface area contributed by atoms with Gasteiger partial charge in [0, 0.05) is 37.3 Å². The lowest BCUT2D eigenvalue weighted by Crippen LogP contribution is -2.42. The van der Waals surface area contributed by atoms with Crippen LogP contribution in [0.5, 0.6) is 0 Å². The standard InChI is InChI=1S/C16H21N3/c17-9-11-19(15-7-2-8-15)12-14-5-1-4-13-6-3-10-18-16(13)14/h1,3-6,10,15H,2,7-9,11-12,17H2. The predicted molar refractivity (Wildman–Crippen MR) is 78.8 cm³/mol. The summed E-state index contributed by atoms with van der Waals surface area (Å²) in [4.78, 5) is 7.06. The van der Waals surface area contributed by atoms with Crippen LogP contribution >= 0.6 is 0 Å². The number of pyridine rings is 1. The molecule has 3 heteroatoms. The van der Waals surface area contributed by atoms with E-state index in [1.165, 1.54) is 30.2 Å². The lowest BCUT2D eigenvalue weighted by molar-refractivity contribution is 0.124. The van der Waals surface area contributed by atoms with Crippen molar-refractivity contribution in [1.82, 2.24) is 9.88 Å². The number of para-hydroxylation sites is 1. The van der Waals surface area contributed by atoms with Crippen LogP contribution in [0.2, 0.25) is 0 Å². The smallest absolute Gasteiger partial charge is 0.0746 e. The Bertz CT molecular complexity index is 543. The van der Waals surface area contributed by atoms with Crippen molar-refractivity contribution < 1.29 is 0 Å². The molecule has 1 aliphatic rings. The van der Waals surface area contributed by atoms with E-state index in [9.17, 15) is 0 Å². The van der Waals surface area contributed by atoms with Gasteiger partial charge in [-0.05, 0) is 24.5 Å². The lowest BCUT2D eigenvalue weighted by Gasteiger charge is -2.37. The highest BCUT2D eigenvalue weighted by Gasteiger charge is 2.24. The van der Waals surface area contributed by atoms with Crippen molar-refractivity contribution in [2.75, 3.05) is 13.1 Å². The van der Waals surface area contributed by atoms with Crippen molar-refractivity contribution in [2.45, 2.75) is 31.8 Å². The Kier molecular flexibility index (Phi) is 3.76. The number of nitrogens with two attached hydrogens (primary N) is 1. The van der Waals surface area contributed by atoms with Crippen LogP contribution in [0.3, 0.4) is 0 Å². The fraction of sp³-hybridized carbons (Fsp3) is 0.438. The number of benzene rings is 1. The third kappa shape index (κ3) is 2.62. The van der Waals surface area contributed by atoms with Crippen LogP contribution in [0.1, 0.15) is 24.8 Å². The van der Waals surface area contributed by atoms with Crippen molar-refractivity contribution in [3.05, 3.63) is 42.1 Å². The first kappa shape index (κ1) is 12.6. The molecule has 0 bridgehead atoms. The predicted octanol–water partition coefficient (Wildman–Crippen LogP) is 2.55. The van der Waals surface area contributed by atoms with E-state index in [1.54, 1.807) is 0 Å². The highest BCUT2D eigenvalue weighted by Crippen LogP contribution is 2.27. The zero-order chi connectivity index (χ0) is 13.1. The van der Waals surface area contributed by atoms with Crippen molar-refractivity contribution in [3.8, 4) is 0 Å². The molecular formula is C16H21N3. The zero-order valence-corrected chi connectivity index (χ0v) is 11.3. The van der Waals surface area contributed by atoms with E-state index in [4.69, 9.17) is 5.73 Å². The molecule has 3 rings (SSSR count).